The Labute approximate surface area is 282 Å². The normalized spacial score (nSPS) is 11.7. The Balaban J connectivity index is 0.000000947. The second-order valence-corrected chi connectivity index (χ2v) is 11.5. The van der Waals surface area contributed by atoms with Gasteiger partial charge in [-0.3, -0.25) is 0 Å². The summed E-state index contributed by atoms with van der Waals surface area (Å²) in [6.07, 6.45) is 12.0. The highest BCUT2D eigenvalue weighted by atomic mass is 14.5. The van der Waals surface area contributed by atoms with Gasteiger partial charge in [-0.05, 0) is 97.6 Å². The molecule has 0 fully saturated rings. The summed E-state index contributed by atoms with van der Waals surface area (Å²) in [5.74, 6) is 0. The first-order valence-corrected chi connectivity index (χ1v) is 16.9. The van der Waals surface area contributed by atoms with Crippen LogP contribution >= 0.6 is 0 Å². The summed E-state index contributed by atoms with van der Waals surface area (Å²) in [6.45, 7) is 16.3. The molecule has 0 radical (unpaired) electrons. The zero-order valence-corrected chi connectivity index (χ0v) is 29.0. The molecule has 0 aliphatic carbocycles. The number of fused-ring (bicyclic) bond motifs is 3. The van der Waals surface area contributed by atoms with Gasteiger partial charge in [-0.2, -0.15) is 0 Å². The summed E-state index contributed by atoms with van der Waals surface area (Å²) in [4.78, 5) is 0. The second kappa shape index (κ2) is 17.0. The van der Waals surface area contributed by atoms with Crippen LogP contribution < -0.4 is 5.73 Å². The molecule has 0 unspecified atom stereocenters. The summed E-state index contributed by atoms with van der Waals surface area (Å²) in [5.41, 5.74) is 15.6. The predicted molar refractivity (Wildman–Crippen MR) is 212 cm³/mol. The van der Waals surface area contributed by atoms with Gasteiger partial charge in [0.05, 0.1) is 0 Å². The van der Waals surface area contributed by atoms with Crippen LogP contribution in [-0.4, -0.2) is 0 Å². The third-order valence-electron chi connectivity index (χ3n) is 8.19. The van der Waals surface area contributed by atoms with Gasteiger partial charge in [0.25, 0.3) is 0 Å². The topological polar surface area (TPSA) is 26.0 Å². The number of hydrogen-bond donors (Lipinski definition) is 1. The fourth-order valence-corrected chi connectivity index (χ4v) is 5.99. The second-order valence-electron chi connectivity index (χ2n) is 11.5. The smallest absolute Gasteiger partial charge is 0.00174 e. The lowest BCUT2D eigenvalue weighted by molar-refractivity contribution is 1.09. The van der Waals surface area contributed by atoms with Crippen LogP contribution in [0.2, 0.25) is 0 Å². The minimum Gasteiger partial charge on any atom is -0.404 e. The van der Waals surface area contributed by atoms with Crippen LogP contribution in [0.4, 0.5) is 0 Å². The minimum atomic E-state index is 0.830. The van der Waals surface area contributed by atoms with E-state index in [4.69, 9.17) is 5.73 Å². The van der Waals surface area contributed by atoms with Crippen LogP contribution in [0.25, 0.3) is 60.1 Å². The largest absolute Gasteiger partial charge is 0.404 e. The molecule has 0 aromatic heterocycles. The van der Waals surface area contributed by atoms with E-state index >= 15 is 0 Å². The molecule has 0 saturated heterocycles. The van der Waals surface area contributed by atoms with Crippen molar-refractivity contribution in [2.45, 2.75) is 54.4 Å². The fraction of sp³-hybridized carbons (Fsp3) is 0.174. The number of benzene rings is 6. The first-order chi connectivity index (χ1) is 23.0. The van der Waals surface area contributed by atoms with Gasteiger partial charge in [0, 0.05) is 6.20 Å². The SMILES string of the molecule is C=C/C(=C\C)C/C=C\C(=C/N)c1ccc(-c2c3ccccc3c(-c3ccc4cc(C)ccc4c3)c3ccccc23)cc1.CC.CCC. The maximum Gasteiger partial charge on any atom is 0.00174 e. The molecule has 6 rings (SSSR count). The highest BCUT2D eigenvalue weighted by Crippen LogP contribution is 2.44. The van der Waals surface area contributed by atoms with Gasteiger partial charge in [-0.25, -0.2) is 0 Å². The summed E-state index contributed by atoms with van der Waals surface area (Å²) in [6, 6.07) is 39.9. The zero-order valence-electron chi connectivity index (χ0n) is 29.0. The molecule has 238 valence electrons. The molecular formula is C46H49N. The molecule has 0 aliphatic heterocycles. The third-order valence-corrected chi connectivity index (χ3v) is 8.19. The molecule has 0 heterocycles. The number of aryl methyl sites for hydroxylation is 1. The van der Waals surface area contributed by atoms with E-state index in [1.54, 1.807) is 6.20 Å². The van der Waals surface area contributed by atoms with Crippen molar-refractivity contribution in [2.24, 2.45) is 5.73 Å². The molecule has 0 spiro atoms. The monoisotopic (exact) mass is 615 g/mol. The Morgan fingerprint density at radius 3 is 1.68 bits per heavy atom. The molecule has 47 heavy (non-hydrogen) atoms. The van der Waals surface area contributed by atoms with E-state index < -0.39 is 0 Å². The van der Waals surface area contributed by atoms with Crippen molar-refractivity contribution in [1.82, 2.24) is 0 Å². The molecule has 0 saturated carbocycles. The number of nitrogens with two attached hydrogens (primary N) is 1. The summed E-state index contributed by atoms with van der Waals surface area (Å²) >= 11 is 0. The lowest BCUT2D eigenvalue weighted by Gasteiger charge is -2.18. The van der Waals surface area contributed by atoms with E-state index in [9.17, 15) is 0 Å². The average molecular weight is 616 g/mol. The van der Waals surface area contributed by atoms with Crippen LogP contribution in [0, 0.1) is 6.92 Å². The molecule has 1 nitrogen and oxygen atoms in total. The van der Waals surface area contributed by atoms with Crippen LogP contribution in [0.3, 0.4) is 0 Å². The molecule has 6 aromatic carbocycles. The van der Waals surface area contributed by atoms with Crippen molar-refractivity contribution in [3.8, 4) is 22.3 Å². The molecular weight excluding hydrogens is 567 g/mol. The zero-order chi connectivity index (χ0) is 33.8. The Hall–Kier alpha value is -5.14. The highest BCUT2D eigenvalue weighted by Gasteiger charge is 2.16. The maximum absolute atomic E-state index is 6.05. The van der Waals surface area contributed by atoms with Gasteiger partial charge in [-0.15, -0.1) is 0 Å². The maximum atomic E-state index is 6.05. The van der Waals surface area contributed by atoms with Crippen molar-refractivity contribution in [1.29, 1.82) is 0 Å². The summed E-state index contributed by atoms with van der Waals surface area (Å²) in [7, 11) is 0. The van der Waals surface area contributed by atoms with E-state index in [1.165, 1.54) is 72.1 Å². The standard InChI is InChI=1S/C41H35N.C3H8.C2H6/c1-4-29(5-2)11-10-12-35(27-42)30-19-21-31(22-20-30)40-36-13-6-8-15-38(36)41(39-16-9-7-14-37(39)40)34-24-23-32-25-28(3)17-18-33(32)26-34;1-3-2;1-2/h4-10,12-27H,1,11,42H2,2-3H3;3H2,1-2H3;1-2H3/b12-10-,29-5+,35-27+;;. The van der Waals surface area contributed by atoms with Gasteiger partial charge in [0.2, 0.25) is 0 Å². The van der Waals surface area contributed by atoms with Crippen molar-refractivity contribution in [2.75, 3.05) is 0 Å². The number of allylic oxidation sites excluding steroid dienone is 6. The van der Waals surface area contributed by atoms with Crippen LogP contribution in [-0.2, 0) is 0 Å². The average Bonchev–Trinajstić information content (AvgIpc) is 3.12. The van der Waals surface area contributed by atoms with E-state index in [2.05, 4.69) is 155 Å². The molecule has 0 bridgehead atoms. The summed E-state index contributed by atoms with van der Waals surface area (Å²) in [5, 5.41) is 7.55. The molecule has 0 amide bonds. The van der Waals surface area contributed by atoms with Crippen molar-refractivity contribution >= 4 is 37.9 Å². The van der Waals surface area contributed by atoms with Crippen molar-refractivity contribution < 1.29 is 0 Å². The Morgan fingerprint density at radius 1 is 0.681 bits per heavy atom. The Morgan fingerprint density at radius 2 is 1.17 bits per heavy atom. The van der Waals surface area contributed by atoms with Gasteiger partial charge in [0.15, 0.2) is 0 Å². The molecule has 0 atom stereocenters. The lowest BCUT2D eigenvalue weighted by Crippen LogP contribution is -1.92. The van der Waals surface area contributed by atoms with Crippen LogP contribution in [0.1, 0.15) is 58.6 Å². The first-order valence-electron chi connectivity index (χ1n) is 16.9. The van der Waals surface area contributed by atoms with Crippen LogP contribution in [0.5, 0.6) is 0 Å². The first kappa shape index (κ1) is 34.7. The van der Waals surface area contributed by atoms with E-state index in [-0.39, 0.29) is 0 Å². The van der Waals surface area contributed by atoms with E-state index in [1.807, 2.05) is 26.8 Å². The molecule has 1 heteroatoms. The fourth-order valence-electron chi connectivity index (χ4n) is 5.99. The number of rotatable bonds is 7. The highest BCUT2D eigenvalue weighted by molar-refractivity contribution is 6.21. The molecule has 2 N–H and O–H groups in total. The number of hydrogen-bond acceptors (Lipinski definition) is 1. The molecule has 6 aromatic rings. The van der Waals surface area contributed by atoms with Gasteiger partial charge >= 0.3 is 0 Å². The predicted octanol–water partition coefficient (Wildman–Crippen LogP) is 13.6. The van der Waals surface area contributed by atoms with Gasteiger partial charge in [0.1, 0.15) is 0 Å². The van der Waals surface area contributed by atoms with E-state index in [0.717, 1.165) is 17.6 Å². The van der Waals surface area contributed by atoms with Crippen LogP contribution in [0.15, 0.2) is 152 Å². The quantitative estimate of drug-likeness (QED) is 0.140. The Kier molecular flexibility index (Phi) is 12.5. The van der Waals surface area contributed by atoms with Crippen molar-refractivity contribution in [3.63, 3.8) is 0 Å². The minimum absolute atomic E-state index is 0.830. The Bertz CT molecular complexity index is 1990. The van der Waals surface area contributed by atoms with E-state index in [0.29, 0.717) is 0 Å². The lowest BCUT2D eigenvalue weighted by atomic mass is 9.85. The van der Waals surface area contributed by atoms with Crippen molar-refractivity contribution in [3.05, 3.63) is 163 Å². The third kappa shape index (κ3) is 7.81. The molecule has 0 aliphatic rings. The summed E-state index contributed by atoms with van der Waals surface area (Å²) < 4.78 is 0. The van der Waals surface area contributed by atoms with Gasteiger partial charge in [-0.1, -0.05) is 174 Å². The van der Waals surface area contributed by atoms with Gasteiger partial charge < -0.3 is 5.73 Å².